The molecule has 1 heterocycles. The van der Waals surface area contributed by atoms with E-state index in [-0.39, 0.29) is 11.7 Å². The summed E-state index contributed by atoms with van der Waals surface area (Å²) in [6, 6.07) is 11.0. The molecule has 5 heteroatoms. The molecule has 18 heavy (non-hydrogen) atoms. The van der Waals surface area contributed by atoms with Gasteiger partial charge < -0.3 is 14.8 Å². The molecule has 1 aromatic rings. The number of benzene rings is 1. The minimum absolute atomic E-state index is 0.0344. The third kappa shape index (κ3) is 2.72. The fourth-order valence-electron chi connectivity index (χ4n) is 1.55. The van der Waals surface area contributed by atoms with Gasteiger partial charge in [0.25, 0.3) is 0 Å². The first-order valence-electron chi connectivity index (χ1n) is 5.45. The number of ether oxygens (including phenoxy) is 2. The van der Waals surface area contributed by atoms with Crippen LogP contribution < -0.4 is 14.8 Å². The predicted octanol–water partition coefficient (Wildman–Crippen LogP) is 1.35. The van der Waals surface area contributed by atoms with E-state index in [4.69, 9.17) is 20.0 Å². The number of nitrogens with one attached hydrogen (secondary N) is 1. The molecule has 1 unspecified atom stereocenters. The van der Waals surface area contributed by atoms with Crippen LogP contribution in [0.3, 0.4) is 0 Å². The molecule has 1 aliphatic heterocycles. The summed E-state index contributed by atoms with van der Waals surface area (Å²) in [5.41, 5.74) is 0.0344. The first kappa shape index (κ1) is 11.8. The lowest BCUT2D eigenvalue weighted by atomic mass is 10.2. The van der Waals surface area contributed by atoms with Gasteiger partial charge in [-0.15, -0.1) is 0 Å². The van der Waals surface area contributed by atoms with Gasteiger partial charge in [0.1, 0.15) is 30.4 Å². The van der Waals surface area contributed by atoms with Gasteiger partial charge in [-0.1, -0.05) is 12.1 Å². The van der Waals surface area contributed by atoms with Gasteiger partial charge >= 0.3 is 0 Å². The van der Waals surface area contributed by atoms with Gasteiger partial charge in [0.2, 0.25) is 0 Å². The van der Waals surface area contributed by atoms with Crippen LogP contribution in [0.25, 0.3) is 0 Å². The number of hydrogen-bond acceptors (Lipinski definition) is 5. The van der Waals surface area contributed by atoms with Crippen LogP contribution in [0.1, 0.15) is 0 Å². The molecule has 0 aliphatic carbocycles. The third-order valence-electron chi connectivity index (χ3n) is 2.40. The highest BCUT2D eigenvalue weighted by Crippen LogP contribution is 2.30. The van der Waals surface area contributed by atoms with E-state index in [0.29, 0.717) is 18.9 Å². The minimum Gasteiger partial charge on any atom is -0.486 e. The first-order chi connectivity index (χ1) is 8.83. The summed E-state index contributed by atoms with van der Waals surface area (Å²) in [7, 11) is 0. The Kier molecular flexibility index (Phi) is 3.68. The maximum atomic E-state index is 8.56. The molecule has 0 fully saturated rings. The summed E-state index contributed by atoms with van der Waals surface area (Å²) in [4.78, 5) is 0. The van der Waals surface area contributed by atoms with Crippen molar-refractivity contribution in [1.29, 1.82) is 10.5 Å². The van der Waals surface area contributed by atoms with Gasteiger partial charge in [0, 0.05) is 6.20 Å². The maximum absolute atomic E-state index is 8.56. The van der Waals surface area contributed by atoms with E-state index in [1.54, 1.807) is 12.1 Å². The van der Waals surface area contributed by atoms with Crippen LogP contribution in [-0.4, -0.2) is 19.3 Å². The summed E-state index contributed by atoms with van der Waals surface area (Å²) in [6.07, 6.45) is 1.24. The van der Waals surface area contributed by atoms with Gasteiger partial charge in [-0.25, -0.2) is 0 Å². The van der Waals surface area contributed by atoms with Crippen LogP contribution in [0.4, 0.5) is 0 Å². The van der Waals surface area contributed by atoms with Crippen LogP contribution in [0.2, 0.25) is 0 Å². The van der Waals surface area contributed by atoms with E-state index < -0.39 is 0 Å². The van der Waals surface area contributed by atoms with Gasteiger partial charge in [-0.05, 0) is 12.1 Å². The molecule has 0 spiro atoms. The molecule has 1 atom stereocenters. The Hall–Kier alpha value is -2.66. The molecule has 1 aromatic carbocycles. The Labute approximate surface area is 105 Å². The lowest BCUT2D eigenvalue weighted by Crippen LogP contribution is -2.37. The normalized spacial score (nSPS) is 16.0. The highest BCUT2D eigenvalue weighted by Gasteiger charge is 2.19. The highest BCUT2D eigenvalue weighted by atomic mass is 16.6. The fraction of sp³-hybridized carbons (Fsp3) is 0.231. The SMILES string of the molecule is N#CC(C#N)=CNCC1COc2ccccc2O1. The zero-order valence-corrected chi connectivity index (χ0v) is 9.59. The second-order valence-corrected chi connectivity index (χ2v) is 3.69. The maximum Gasteiger partial charge on any atom is 0.161 e. The molecule has 1 aliphatic rings. The quantitative estimate of drug-likeness (QED) is 0.808. The number of para-hydroxylation sites is 2. The van der Waals surface area contributed by atoms with E-state index in [0.717, 1.165) is 5.75 Å². The molecular weight excluding hydrogens is 230 g/mol. The van der Waals surface area contributed by atoms with Crippen LogP contribution in [0.5, 0.6) is 11.5 Å². The van der Waals surface area contributed by atoms with Crippen LogP contribution in [0, 0.1) is 22.7 Å². The standard InChI is InChI=1S/C13H11N3O2/c14-5-10(6-15)7-16-8-11-9-17-12-3-1-2-4-13(12)18-11/h1-4,7,11,16H,8-9H2. The van der Waals surface area contributed by atoms with E-state index in [9.17, 15) is 0 Å². The molecule has 0 aromatic heterocycles. The second-order valence-electron chi connectivity index (χ2n) is 3.69. The molecular formula is C13H11N3O2. The van der Waals surface area contributed by atoms with E-state index >= 15 is 0 Å². The largest absolute Gasteiger partial charge is 0.486 e. The lowest BCUT2D eigenvalue weighted by molar-refractivity contribution is 0.0928. The molecule has 0 saturated heterocycles. The summed E-state index contributed by atoms with van der Waals surface area (Å²) >= 11 is 0. The van der Waals surface area contributed by atoms with Crippen molar-refractivity contribution in [3.05, 3.63) is 36.0 Å². The number of nitrogens with zero attached hydrogens (tertiary/aromatic N) is 2. The van der Waals surface area contributed by atoms with Gasteiger partial charge in [0.15, 0.2) is 11.5 Å². The first-order valence-corrected chi connectivity index (χ1v) is 5.45. The van der Waals surface area contributed by atoms with Gasteiger partial charge in [-0.2, -0.15) is 10.5 Å². The van der Waals surface area contributed by atoms with E-state index in [1.165, 1.54) is 6.20 Å². The van der Waals surface area contributed by atoms with Crippen molar-refractivity contribution in [2.45, 2.75) is 6.10 Å². The zero-order chi connectivity index (χ0) is 12.8. The Morgan fingerprint density at radius 1 is 1.33 bits per heavy atom. The topological polar surface area (TPSA) is 78.1 Å². The zero-order valence-electron chi connectivity index (χ0n) is 9.59. The second kappa shape index (κ2) is 5.60. The van der Waals surface area contributed by atoms with Crippen molar-refractivity contribution in [3.8, 4) is 23.6 Å². The molecule has 0 saturated carbocycles. The Balaban J connectivity index is 1.90. The van der Waals surface area contributed by atoms with Crippen LogP contribution >= 0.6 is 0 Å². The third-order valence-corrected chi connectivity index (χ3v) is 2.40. The number of rotatable bonds is 3. The van der Waals surface area contributed by atoms with Crippen molar-refractivity contribution in [2.75, 3.05) is 13.2 Å². The van der Waals surface area contributed by atoms with Gasteiger partial charge in [0.05, 0.1) is 6.54 Å². The lowest BCUT2D eigenvalue weighted by Gasteiger charge is -2.26. The predicted molar refractivity (Wildman–Crippen MR) is 63.7 cm³/mol. The average Bonchev–Trinajstić information content (AvgIpc) is 2.43. The molecule has 0 radical (unpaired) electrons. The Morgan fingerprint density at radius 2 is 2.06 bits per heavy atom. The van der Waals surface area contributed by atoms with E-state index in [1.807, 2.05) is 24.3 Å². The smallest absolute Gasteiger partial charge is 0.161 e. The summed E-state index contributed by atoms with van der Waals surface area (Å²) in [5.74, 6) is 1.44. The number of fused-ring (bicyclic) bond motifs is 1. The van der Waals surface area contributed by atoms with Crippen molar-refractivity contribution >= 4 is 0 Å². The van der Waals surface area contributed by atoms with Crippen molar-refractivity contribution < 1.29 is 9.47 Å². The molecule has 0 amide bonds. The summed E-state index contributed by atoms with van der Waals surface area (Å²) in [5, 5.41) is 20.0. The fourth-order valence-corrected chi connectivity index (χ4v) is 1.55. The molecule has 1 N–H and O–H groups in total. The highest BCUT2D eigenvalue weighted by molar-refractivity contribution is 5.40. The average molecular weight is 241 g/mol. The van der Waals surface area contributed by atoms with Crippen LogP contribution in [0.15, 0.2) is 36.0 Å². The van der Waals surface area contributed by atoms with Crippen LogP contribution in [-0.2, 0) is 0 Å². The molecule has 90 valence electrons. The molecule has 2 rings (SSSR count). The van der Waals surface area contributed by atoms with Crippen molar-refractivity contribution in [1.82, 2.24) is 5.32 Å². The van der Waals surface area contributed by atoms with Gasteiger partial charge in [-0.3, -0.25) is 0 Å². The monoisotopic (exact) mass is 241 g/mol. The minimum atomic E-state index is -0.144. The summed E-state index contributed by atoms with van der Waals surface area (Å²) in [6.45, 7) is 0.910. The summed E-state index contributed by atoms with van der Waals surface area (Å²) < 4.78 is 11.2. The van der Waals surface area contributed by atoms with Crippen molar-refractivity contribution in [2.24, 2.45) is 0 Å². The molecule has 0 bridgehead atoms. The van der Waals surface area contributed by atoms with Crippen molar-refractivity contribution in [3.63, 3.8) is 0 Å². The Bertz CT molecular complexity index is 524. The van der Waals surface area contributed by atoms with E-state index in [2.05, 4.69) is 5.32 Å². The Morgan fingerprint density at radius 3 is 2.78 bits per heavy atom. The number of allylic oxidation sites excluding steroid dienone is 1. The molecule has 5 nitrogen and oxygen atoms in total. The number of nitriles is 2. The number of hydrogen-bond donors (Lipinski definition) is 1.